The Bertz CT molecular complexity index is 688. The van der Waals surface area contributed by atoms with Crippen LogP contribution < -0.4 is 0 Å². The van der Waals surface area contributed by atoms with Gasteiger partial charge in [-0.05, 0) is 30.7 Å². The molecule has 84 valence electrons. The smallest absolute Gasteiger partial charge is 0.126 e. The molecule has 0 aliphatic heterocycles. The zero-order valence-electron chi connectivity index (χ0n) is 9.27. The third-order valence-corrected chi connectivity index (χ3v) is 4.03. The van der Waals surface area contributed by atoms with Crippen LogP contribution in [0.2, 0.25) is 5.02 Å². The molecule has 0 saturated carbocycles. The molecule has 1 nitrogen and oxygen atoms in total. The fraction of sp³-hybridized carbons (Fsp3) is 0.0714. The first-order valence-corrected chi connectivity index (χ1v) is 6.55. The molecule has 1 heterocycles. The molecule has 1 aromatic heterocycles. The van der Waals surface area contributed by atoms with E-state index in [1.165, 1.54) is 10.3 Å². The van der Waals surface area contributed by atoms with E-state index >= 15 is 0 Å². The van der Waals surface area contributed by atoms with Gasteiger partial charge in [-0.2, -0.15) is 0 Å². The Labute approximate surface area is 109 Å². The molecule has 0 N–H and O–H groups in total. The number of hydrogen-bond acceptors (Lipinski definition) is 2. The molecule has 0 radical (unpaired) electrons. The van der Waals surface area contributed by atoms with Crippen molar-refractivity contribution in [1.29, 1.82) is 0 Å². The van der Waals surface area contributed by atoms with Gasteiger partial charge in [-0.1, -0.05) is 35.9 Å². The molecule has 3 aromatic rings. The molecule has 0 saturated heterocycles. The Morgan fingerprint density at radius 1 is 1.12 bits per heavy atom. The zero-order valence-corrected chi connectivity index (χ0v) is 10.8. The van der Waals surface area contributed by atoms with Gasteiger partial charge in [0.2, 0.25) is 0 Å². The summed E-state index contributed by atoms with van der Waals surface area (Å²) in [4.78, 5) is 4.62. The lowest BCUT2D eigenvalue weighted by Gasteiger charge is -1.97. The second-order valence-corrected chi connectivity index (χ2v) is 5.41. The van der Waals surface area contributed by atoms with Gasteiger partial charge in [0.25, 0.3) is 0 Å². The highest BCUT2D eigenvalue weighted by molar-refractivity contribution is 7.21. The summed E-state index contributed by atoms with van der Waals surface area (Å²) in [7, 11) is 0. The Morgan fingerprint density at radius 3 is 2.76 bits per heavy atom. The van der Waals surface area contributed by atoms with Crippen molar-refractivity contribution in [1.82, 2.24) is 4.98 Å². The largest absolute Gasteiger partial charge is 0.236 e. The molecule has 0 fully saturated rings. The van der Waals surface area contributed by atoms with Gasteiger partial charge in [-0.25, -0.2) is 4.98 Å². The van der Waals surface area contributed by atoms with Crippen LogP contribution in [-0.4, -0.2) is 4.98 Å². The molecule has 17 heavy (non-hydrogen) atoms. The lowest BCUT2D eigenvalue weighted by molar-refractivity contribution is 1.45. The lowest BCUT2D eigenvalue weighted by Crippen LogP contribution is -1.76. The van der Waals surface area contributed by atoms with Crippen molar-refractivity contribution < 1.29 is 0 Å². The van der Waals surface area contributed by atoms with Crippen molar-refractivity contribution >= 4 is 33.2 Å². The van der Waals surface area contributed by atoms with Gasteiger partial charge in [-0.15, -0.1) is 11.3 Å². The van der Waals surface area contributed by atoms with Crippen molar-refractivity contribution in [2.24, 2.45) is 0 Å². The van der Waals surface area contributed by atoms with Gasteiger partial charge in [0.15, 0.2) is 0 Å². The van der Waals surface area contributed by atoms with E-state index in [1.807, 2.05) is 24.3 Å². The number of aryl methyl sites for hydroxylation is 1. The highest BCUT2D eigenvalue weighted by Gasteiger charge is 2.08. The van der Waals surface area contributed by atoms with Crippen LogP contribution >= 0.6 is 22.9 Å². The van der Waals surface area contributed by atoms with Crippen LogP contribution in [0, 0.1) is 6.92 Å². The van der Waals surface area contributed by atoms with Crippen molar-refractivity contribution in [3.63, 3.8) is 0 Å². The van der Waals surface area contributed by atoms with Crippen molar-refractivity contribution in [2.45, 2.75) is 6.92 Å². The number of thiazole rings is 1. The van der Waals surface area contributed by atoms with E-state index < -0.39 is 0 Å². The van der Waals surface area contributed by atoms with Crippen LogP contribution in [0.4, 0.5) is 0 Å². The summed E-state index contributed by atoms with van der Waals surface area (Å²) in [5.41, 5.74) is 3.30. The number of nitrogens with zero attached hydrogens (tertiary/aromatic N) is 1. The van der Waals surface area contributed by atoms with Crippen LogP contribution in [0.3, 0.4) is 0 Å². The summed E-state index contributed by atoms with van der Waals surface area (Å²) in [5, 5.41) is 1.74. The first-order valence-electron chi connectivity index (χ1n) is 5.36. The van der Waals surface area contributed by atoms with Gasteiger partial charge < -0.3 is 0 Å². The predicted octanol–water partition coefficient (Wildman–Crippen LogP) is 4.93. The third kappa shape index (κ3) is 1.94. The van der Waals surface area contributed by atoms with E-state index in [0.717, 1.165) is 21.1 Å². The Morgan fingerprint density at radius 2 is 1.94 bits per heavy atom. The maximum atomic E-state index is 6.18. The summed E-state index contributed by atoms with van der Waals surface area (Å²) >= 11 is 7.87. The van der Waals surface area contributed by atoms with Gasteiger partial charge in [0, 0.05) is 5.56 Å². The molecule has 0 spiro atoms. The molecule has 0 aliphatic carbocycles. The number of hydrogen-bond donors (Lipinski definition) is 0. The highest BCUT2D eigenvalue weighted by atomic mass is 35.5. The van der Waals surface area contributed by atoms with E-state index in [-0.39, 0.29) is 0 Å². The van der Waals surface area contributed by atoms with Gasteiger partial charge >= 0.3 is 0 Å². The van der Waals surface area contributed by atoms with Crippen molar-refractivity contribution in [2.75, 3.05) is 0 Å². The first kappa shape index (κ1) is 10.8. The van der Waals surface area contributed by atoms with Gasteiger partial charge in [0.1, 0.15) is 5.01 Å². The normalized spacial score (nSPS) is 10.9. The van der Waals surface area contributed by atoms with Gasteiger partial charge in [-0.3, -0.25) is 0 Å². The van der Waals surface area contributed by atoms with E-state index in [9.17, 15) is 0 Å². The quantitative estimate of drug-likeness (QED) is 0.604. The van der Waals surface area contributed by atoms with Crippen LogP contribution in [0.15, 0.2) is 42.5 Å². The second-order valence-electron chi connectivity index (χ2n) is 3.97. The fourth-order valence-electron chi connectivity index (χ4n) is 1.78. The lowest BCUT2D eigenvalue weighted by atomic mass is 10.2. The van der Waals surface area contributed by atoms with Crippen LogP contribution in [0.1, 0.15) is 5.56 Å². The molecule has 3 rings (SSSR count). The average molecular weight is 260 g/mol. The van der Waals surface area contributed by atoms with Crippen LogP contribution in [0.25, 0.3) is 20.8 Å². The van der Waals surface area contributed by atoms with E-state index in [0.29, 0.717) is 0 Å². The average Bonchev–Trinajstić information content (AvgIpc) is 2.72. The standard InChI is InChI=1S/C14H10ClNS/c1-9-6-7-12-13(8-9)17-14(16-12)10-4-2-3-5-11(10)15/h2-8H,1H3. The maximum absolute atomic E-state index is 6.18. The minimum atomic E-state index is 0.753. The molecular formula is C14H10ClNS. The maximum Gasteiger partial charge on any atom is 0.126 e. The summed E-state index contributed by atoms with van der Waals surface area (Å²) in [6.45, 7) is 2.09. The van der Waals surface area contributed by atoms with Crippen molar-refractivity contribution in [3.8, 4) is 10.6 Å². The topological polar surface area (TPSA) is 12.9 Å². The molecule has 3 heteroatoms. The highest BCUT2D eigenvalue weighted by Crippen LogP contribution is 2.34. The summed E-state index contributed by atoms with van der Waals surface area (Å²) in [6, 6.07) is 14.1. The number of fused-ring (bicyclic) bond motifs is 1. The Hall–Kier alpha value is -1.38. The Balaban J connectivity index is 2.22. The number of rotatable bonds is 1. The number of benzene rings is 2. The second kappa shape index (κ2) is 4.13. The minimum Gasteiger partial charge on any atom is -0.236 e. The van der Waals surface area contributed by atoms with Crippen molar-refractivity contribution in [3.05, 3.63) is 53.1 Å². The van der Waals surface area contributed by atoms with E-state index in [4.69, 9.17) is 11.6 Å². The SMILES string of the molecule is Cc1ccc2nc(-c3ccccc3Cl)sc2c1. The number of aromatic nitrogens is 1. The molecular weight excluding hydrogens is 250 g/mol. The molecule has 0 aliphatic rings. The number of halogens is 1. The molecule has 2 aromatic carbocycles. The van der Waals surface area contributed by atoms with Crippen LogP contribution in [-0.2, 0) is 0 Å². The van der Waals surface area contributed by atoms with Gasteiger partial charge in [0.05, 0.1) is 15.2 Å². The van der Waals surface area contributed by atoms with Crippen LogP contribution in [0.5, 0.6) is 0 Å². The minimum absolute atomic E-state index is 0.753. The summed E-state index contributed by atoms with van der Waals surface area (Å²) in [5.74, 6) is 0. The molecule has 0 atom stereocenters. The zero-order chi connectivity index (χ0) is 11.8. The summed E-state index contributed by atoms with van der Waals surface area (Å²) in [6.07, 6.45) is 0. The molecule has 0 unspecified atom stereocenters. The Kier molecular flexibility index (Phi) is 2.61. The predicted molar refractivity (Wildman–Crippen MR) is 74.8 cm³/mol. The first-order chi connectivity index (χ1) is 8.24. The molecule has 0 amide bonds. The van der Waals surface area contributed by atoms with E-state index in [1.54, 1.807) is 11.3 Å². The summed E-state index contributed by atoms with van der Waals surface area (Å²) < 4.78 is 1.21. The molecule has 0 bridgehead atoms. The monoisotopic (exact) mass is 259 g/mol. The third-order valence-electron chi connectivity index (χ3n) is 2.65. The fourth-order valence-corrected chi connectivity index (χ4v) is 3.17. The van der Waals surface area contributed by atoms with E-state index in [2.05, 4.69) is 30.1 Å².